The van der Waals surface area contributed by atoms with E-state index < -0.39 is 12.0 Å². The summed E-state index contributed by atoms with van der Waals surface area (Å²) in [5, 5.41) is 12.3. The summed E-state index contributed by atoms with van der Waals surface area (Å²) in [7, 11) is 0. The van der Waals surface area contributed by atoms with Gasteiger partial charge in [-0.25, -0.2) is 4.98 Å². The summed E-state index contributed by atoms with van der Waals surface area (Å²) in [6.07, 6.45) is 6.19. The van der Waals surface area contributed by atoms with E-state index >= 15 is 0 Å². The Morgan fingerprint density at radius 1 is 1.50 bits per heavy atom. The van der Waals surface area contributed by atoms with E-state index in [0.717, 1.165) is 18.5 Å². The van der Waals surface area contributed by atoms with E-state index in [4.69, 9.17) is 0 Å². The maximum Gasteiger partial charge on any atom is 0.322 e. The monoisotopic (exact) mass is 251 g/mol. The van der Waals surface area contributed by atoms with Crippen molar-refractivity contribution in [3.63, 3.8) is 0 Å². The third kappa shape index (κ3) is 2.90. The van der Waals surface area contributed by atoms with E-state index in [2.05, 4.69) is 10.3 Å². The minimum Gasteiger partial charge on any atom is -0.480 e. The highest BCUT2D eigenvalue weighted by Crippen LogP contribution is 2.20. The van der Waals surface area contributed by atoms with Crippen LogP contribution in [0, 0.1) is 0 Å². The molecule has 18 heavy (non-hydrogen) atoms. The molecule has 0 bridgehead atoms. The maximum atomic E-state index is 11.2. The van der Waals surface area contributed by atoms with Crippen molar-refractivity contribution < 1.29 is 9.90 Å². The Hall–Kier alpha value is -1.36. The van der Waals surface area contributed by atoms with Gasteiger partial charge < -0.3 is 15.0 Å². The zero-order chi connectivity index (χ0) is 13.1. The SMILES string of the molecule is CC(C)NC(Cn1cnc2c1CCCC2)C(=O)O. The predicted octanol–water partition coefficient (Wildman–Crippen LogP) is 1.21. The molecule has 1 heterocycles. The van der Waals surface area contributed by atoms with Crippen molar-refractivity contribution in [2.24, 2.45) is 0 Å². The van der Waals surface area contributed by atoms with E-state index in [1.165, 1.54) is 18.5 Å². The van der Waals surface area contributed by atoms with Gasteiger partial charge in [-0.3, -0.25) is 4.79 Å². The molecule has 1 aromatic rings. The van der Waals surface area contributed by atoms with E-state index in [1.54, 1.807) is 6.33 Å². The first kappa shape index (κ1) is 13.1. The molecule has 0 amide bonds. The van der Waals surface area contributed by atoms with Crippen LogP contribution in [0.5, 0.6) is 0 Å². The van der Waals surface area contributed by atoms with Crippen molar-refractivity contribution in [2.75, 3.05) is 0 Å². The van der Waals surface area contributed by atoms with Crippen LogP contribution in [-0.4, -0.2) is 32.7 Å². The van der Waals surface area contributed by atoms with Gasteiger partial charge in [0.15, 0.2) is 0 Å². The molecular weight excluding hydrogens is 230 g/mol. The van der Waals surface area contributed by atoms with Gasteiger partial charge in [0.1, 0.15) is 6.04 Å². The number of aromatic nitrogens is 2. The van der Waals surface area contributed by atoms with Crippen LogP contribution in [0.25, 0.3) is 0 Å². The fraction of sp³-hybridized carbons (Fsp3) is 0.692. The van der Waals surface area contributed by atoms with Crippen molar-refractivity contribution >= 4 is 5.97 Å². The van der Waals surface area contributed by atoms with E-state index in [0.29, 0.717) is 6.54 Å². The number of hydrogen-bond donors (Lipinski definition) is 2. The van der Waals surface area contributed by atoms with Crippen molar-refractivity contribution in [1.29, 1.82) is 0 Å². The summed E-state index contributed by atoms with van der Waals surface area (Å²) in [4.78, 5) is 15.6. The number of nitrogens with zero attached hydrogens (tertiary/aromatic N) is 2. The summed E-state index contributed by atoms with van der Waals surface area (Å²) < 4.78 is 2.00. The first-order chi connectivity index (χ1) is 8.58. The zero-order valence-electron chi connectivity index (χ0n) is 11.0. The molecule has 1 aliphatic carbocycles. The lowest BCUT2D eigenvalue weighted by Crippen LogP contribution is -2.43. The van der Waals surface area contributed by atoms with Gasteiger partial charge in [-0.1, -0.05) is 13.8 Å². The smallest absolute Gasteiger partial charge is 0.322 e. The molecule has 0 fully saturated rings. The van der Waals surface area contributed by atoms with Crippen LogP contribution in [0.3, 0.4) is 0 Å². The molecule has 0 aromatic carbocycles. The van der Waals surface area contributed by atoms with Crippen molar-refractivity contribution in [3.05, 3.63) is 17.7 Å². The third-order valence-electron chi connectivity index (χ3n) is 3.32. The van der Waals surface area contributed by atoms with Crippen LogP contribution in [0.2, 0.25) is 0 Å². The summed E-state index contributed by atoms with van der Waals surface area (Å²) in [6.45, 7) is 4.37. The average molecular weight is 251 g/mol. The number of nitrogens with one attached hydrogen (secondary N) is 1. The van der Waals surface area contributed by atoms with Gasteiger partial charge in [0, 0.05) is 18.3 Å². The first-order valence-electron chi connectivity index (χ1n) is 6.59. The summed E-state index contributed by atoms with van der Waals surface area (Å²) >= 11 is 0. The van der Waals surface area contributed by atoms with Crippen LogP contribution in [0.1, 0.15) is 38.1 Å². The Balaban J connectivity index is 2.11. The Morgan fingerprint density at radius 2 is 2.22 bits per heavy atom. The number of aryl methyl sites for hydroxylation is 1. The summed E-state index contributed by atoms with van der Waals surface area (Å²) in [5.74, 6) is -0.804. The number of aliphatic carboxylic acids is 1. The second-order valence-electron chi connectivity index (χ2n) is 5.21. The second-order valence-corrected chi connectivity index (χ2v) is 5.21. The molecule has 1 aromatic heterocycles. The molecule has 5 nitrogen and oxygen atoms in total. The van der Waals surface area contributed by atoms with Gasteiger partial charge >= 0.3 is 5.97 Å². The average Bonchev–Trinajstić information content (AvgIpc) is 2.71. The van der Waals surface area contributed by atoms with Crippen molar-refractivity contribution in [2.45, 2.75) is 58.2 Å². The van der Waals surface area contributed by atoms with Crippen LogP contribution in [-0.2, 0) is 24.2 Å². The molecule has 0 aliphatic heterocycles. The van der Waals surface area contributed by atoms with Crippen molar-refractivity contribution in [3.8, 4) is 0 Å². The molecule has 100 valence electrons. The molecule has 1 unspecified atom stereocenters. The van der Waals surface area contributed by atoms with Gasteiger partial charge in [-0.15, -0.1) is 0 Å². The fourth-order valence-electron chi connectivity index (χ4n) is 2.49. The van der Waals surface area contributed by atoms with Gasteiger partial charge in [-0.2, -0.15) is 0 Å². The Bertz CT molecular complexity index is 426. The first-order valence-corrected chi connectivity index (χ1v) is 6.59. The molecule has 0 radical (unpaired) electrons. The number of fused-ring (bicyclic) bond motifs is 1. The molecule has 2 rings (SSSR count). The molecule has 1 aliphatic rings. The number of hydrogen-bond acceptors (Lipinski definition) is 3. The summed E-state index contributed by atoms with van der Waals surface area (Å²) in [6, 6.07) is -0.393. The Labute approximate surface area is 107 Å². The molecular formula is C13H21N3O2. The van der Waals surface area contributed by atoms with E-state index in [9.17, 15) is 9.90 Å². The standard InChI is InChI=1S/C13H21N3O2/c1-9(2)15-11(13(17)18)7-16-8-14-10-5-3-4-6-12(10)16/h8-9,11,15H,3-7H2,1-2H3,(H,17,18). The second kappa shape index (κ2) is 5.52. The highest BCUT2D eigenvalue weighted by molar-refractivity contribution is 5.73. The largest absolute Gasteiger partial charge is 0.480 e. The fourth-order valence-corrected chi connectivity index (χ4v) is 2.49. The van der Waals surface area contributed by atoms with Gasteiger partial charge in [0.05, 0.1) is 12.0 Å². The van der Waals surface area contributed by atoms with E-state index in [-0.39, 0.29) is 6.04 Å². The number of carboxylic acid groups (broad SMARTS) is 1. The van der Waals surface area contributed by atoms with E-state index in [1.807, 2.05) is 18.4 Å². The van der Waals surface area contributed by atoms with Crippen LogP contribution in [0.4, 0.5) is 0 Å². The molecule has 0 saturated heterocycles. The molecule has 5 heteroatoms. The minimum absolute atomic E-state index is 0.158. The maximum absolute atomic E-state index is 11.2. The highest BCUT2D eigenvalue weighted by atomic mass is 16.4. The number of imidazole rings is 1. The molecule has 1 atom stereocenters. The molecule has 2 N–H and O–H groups in total. The number of carbonyl (C=O) groups is 1. The lowest BCUT2D eigenvalue weighted by Gasteiger charge is -2.20. The zero-order valence-corrected chi connectivity index (χ0v) is 11.0. The molecule has 0 saturated carbocycles. The topological polar surface area (TPSA) is 67.2 Å². The normalized spacial score (nSPS) is 16.6. The lowest BCUT2D eigenvalue weighted by atomic mass is 10.0. The van der Waals surface area contributed by atoms with Crippen LogP contribution >= 0.6 is 0 Å². The highest BCUT2D eigenvalue weighted by Gasteiger charge is 2.22. The number of rotatable bonds is 5. The Morgan fingerprint density at radius 3 is 2.89 bits per heavy atom. The summed E-state index contributed by atoms with van der Waals surface area (Å²) in [5.41, 5.74) is 2.37. The minimum atomic E-state index is -0.804. The van der Waals surface area contributed by atoms with Gasteiger partial charge in [-0.05, 0) is 25.7 Å². The quantitative estimate of drug-likeness (QED) is 0.825. The van der Waals surface area contributed by atoms with Crippen LogP contribution < -0.4 is 5.32 Å². The lowest BCUT2D eigenvalue weighted by molar-refractivity contribution is -0.140. The van der Waals surface area contributed by atoms with Crippen LogP contribution in [0.15, 0.2) is 6.33 Å². The van der Waals surface area contributed by atoms with Gasteiger partial charge in [0.25, 0.3) is 0 Å². The Kier molecular flexibility index (Phi) is 4.01. The van der Waals surface area contributed by atoms with Crippen molar-refractivity contribution in [1.82, 2.24) is 14.9 Å². The molecule has 0 spiro atoms. The number of carboxylic acids is 1. The predicted molar refractivity (Wildman–Crippen MR) is 68.6 cm³/mol. The third-order valence-corrected chi connectivity index (χ3v) is 3.32. The van der Waals surface area contributed by atoms with Gasteiger partial charge in [0.2, 0.25) is 0 Å².